The van der Waals surface area contributed by atoms with E-state index in [0.29, 0.717) is 6.10 Å². The van der Waals surface area contributed by atoms with Crippen molar-refractivity contribution in [3.8, 4) is 0 Å². The first-order valence-electron chi connectivity index (χ1n) is 5.56. The highest BCUT2D eigenvalue weighted by atomic mass is 16.6. The molecular weight excluding hydrogens is 180 g/mol. The van der Waals surface area contributed by atoms with E-state index in [-0.39, 0.29) is 18.6 Å². The van der Waals surface area contributed by atoms with Crippen molar-refractivity contribution in [1.82, 2.24) is 0 Å². The predicted octanol–water partition coefficient (Wildman–Crippen LogP) is 1.57. The van der Waals surface area contributed by atoms with E-state index in [2.05, 4.69) is 6.92 Å². The van der Waals surface area contributed by atoms with Crippen LogP contribution in [0.1, 0.15) is 40.0 Å². The molecule has 1 aliphatic heterocycles. The van der Waals surface area contributed by atoms with Crippen LogP contribution in [0.5, 0.6) is 0 Å². The third-order valence-corrected chi connectivity index (χ3v) is 2.39. The third-order valence-electron chi connectivity index (χ3n) is 2.39. The smallest absolute Gasteiger partial charge is 0.0781 e. The molecule has 1 saturated heterocycles. The Balaban J connectivity index is 0.000000344. The second kappa shape index (κ2) is 8.21. The van der Waals surface area contributed by atoms with Crippen molar-refractivity contribution in [1.29, 1.82) is 0 Å². The van der Waals surface area contributed by atoms with E-state index < -0.39 is 0 Å². The lowest BCUT2D eigenvalue weighted by Gasteiger charge is -2.17. The minimum Gasteiger partial charge on any atom is -0.396 e. The predicted molar refractivity (Wildman–Crippen MR) is 57.2 cm³/mol. The van der Waals surface area contributed by atoms with Gasteiger partial charge in [0.25, 0.3) is 0 Å². The summed E-state index contributed by atoms with van der Waals surface area (Å²) in [4.78, 5) is 0. The molecule has 0 amide bonds. The number of ether oxygens (including phenoxy) is 1. The Morgan fingerprint density at radius 3 is 2.14 bits per heavy atom. The fourth-order valence-electron chi connectivity index (χ4n) is 1.15. The molecule has 3 atom stereocenters. The van der Waals surface area contributed by atoms with Gasteiger partial charge in [-0.05, 0) is 19.8 Å². The minimum absolute atomic E-state index is 0.0833. The molecule has 0 radical (unpaired) electrons. The Morgan fingerprint density at radius 1 is 1.43 bits per heavy atom. The Kier molecular flexibility index (Phi) is 8.14. The van der Waals surface area contributed by atoms with Gasteiger partial charge in [-0.1, -0.05) is 20.3 Å². The largest absolute Gasteiger partial charge is 0.396 e. The number of hydrogen-bond donors (Lipinski definition) is 2. The number of hydrogen-bond acceptors (Lipinski definition) is 3. The lowest BCUT2D eigenvalue weighted by atomic mass is 9.97. The standard InChI is InChI=1S/C8H18O2.C3H6O/c1-3-5-8(10)7(4-2)6-9;1-3-2-4-3/h7-10H,3-6H2,1-2H3;3H,2H2,1H3. The number of aliphatic hydroxyl groups excluding tert-OH is 2. The molecule has 2 N–H and O–H groups in total. The van der Waals surface area contributed by atoms with Crippen LogP contribution < -0.4 is 0 Å². The van der Waals surface area contributed by atoms with Gasteiger partial charge < -0.3 is 14.9 Å². The van der Waals surface area contributed by atoms with E-state index in [1.54, 1.807) is 0 Å². The van der Waals surface area contributed by atoms with Gasteiger partial charge in [-0.2, -0.15) is 0 Å². The van der Waals surface area contributed by atoms with Gasteiger partial charge in [-0.3, -0.25) is 0 Å². The van der Waals surface area contributed by atoms with Crippen LogP contribution in [0, 0.1) is 5.92 Å². The Bertz CT molecular complexity index is 120. The molecule has 86 valence electrons. The van der Waals surface area contributed by atoms with Crippen LogP contribution in [0.25, 0.3) is 0 Å². The lowest BCUT2D eigenvalue weighted by Crippen LogP contribution is -2.22. The van der Waals surface area contributed by atoms with Crippen LogP contribution in [-0.4, -0.2) is 35.6 Å². The summed E-state index contributed by atoms with van der Waals surface area (Å²) in [6.07, 6.45) is 2.92. The van der Waals surface area contributed by atoms with Crippen molar-refractivity contribution in [3.63, 3.8) is 0 Å². The second-order valence-corrected chi connectivity index (χ2v) is 3.85. The van der Waals surface area contributed by atoms with Gasteiger partial charge in [0, 0.05) is 12.5 Å². The molecule has 1 aliphatic rings. The molecule has 1 rings (SSSR count). The van der Waals surface area contributed by atoms with Crippen LogP contribution in [0.3, 0.4) is 0 Å². The van der Waals surface area contributed by atoms with E-state index in [4.69, 9.17) is 9.84 Å². The molecule has 0 aromatic carbocycles. The first kappa shape index (κ1) is 13.9. The lowest BCUT2D eigenvalue weighted by molar-refractivity contribution is 0.0584. The summed E-state index contributed by atoms with van der Waals surface area (Å²) in [6, 6.07) is 0. The highest BCUT2D eigenvalue weighted by molar-refractivity contribution is 4.65. The minimum atomic E-state index is -0.306. The number of aliphatic hydroxyl groups is 2. The van der Waals surface area contributed by atoms with Gasteiger partial charge in [0.05, 0.1) is 18.8 Å². The molecule has 0 aliphatic carbocycles. The van der Waals surface area contributed by atoms with Crippen LogP contribution in [0.4, 0.5) is 0 Å². The fourth-order valence-corrected chi connectivity index (χ4v) is 1.15. The highest BCUT2D eigenvalue weighted by Crippen LogP contribution is 2.12. The SMILES string of the molecule is CC1CO1.CCCC(O)C(CC)CO. The van der Waals surface area contributed by atoms with E-state index in [9.17, 15) is 5.11 Å². The van der Waals surface area contributed by atoms with Crippen molar-refractivity contribution >= 4 is 0 Å². The zero-order chi connectivity index (χ0) is 11.0. The van der Waals surface area contributed by atoms with Crippen LogP contribution in [0.15, 0.2) is 0 Å². The molecule has 3 heteroatoms. The molecule has 3 nitrogen and oxygen atoms in total. The monoisotopic (exact) mass is 204 g/mol. The highest BCUT2D eigenvalue weighted by Gasteiger charge is 2.14. The van der Waals surface area contributed by atoms with Gasteiger partial charge in [-0.25, -0.2) is 0 Å². The average Bonchev–Trinajstić information content (AvgIpc) is 2.91. The molecule has 0 saturated carbocycles. The first-order chi connectivity index (χ1) is 6.65. The summed E-state index contributed by atoms with van der Waals surface area (Å²) in [5, 5.41) is 18.1. The van der Waals surface area contributed by atoms with Gasteiger partial charge in [0.1, 0.15) is 0 Å². The molecule has 0 aromatic rings. The summed E-state index contributed by atoms with van der Waals surface area (Å²) in [6.45, 7) is 7.17. The summed E-state index contributed by atoms with van der Waals surface area (Å²) in [7, 11) is 0. The normalized spacial score (nSPS) is 23.4. The summed E-state index contributed by atoms with van der Waals surface area (Å²) < 4.78 is 4.71. The van der Waals surface area contributed by atoms with E-state index in [1.165, 1.54) is 0 Å². The quantitative estimate of drug-likeness (QED) is 0.668. The maximum atomic E-state index is 9.35. The molecule has 0 bridgehead atoms. The molecule has 3 unspecified atom stereocenters. The van der Waals surface area contributed by atoms with Gasteiger partial charge in [-0.15, -0.1) is 0 Å². The molecule has 1 fully saturated rings. The summed E-state index contributed by atoms with van der Waals surface area (Å²) in [5.41, 5.74) is 0. The topological polar surface area (TPSA) is 53.0 Å². The van der Waals surface area contributed by atoms with Gasteiger partial charge >= 0.3 is 0 Å². The van der Waals surface area contributed by atoms with Crippen molar-refractivity contribution < 1.29 is 14.9 Å². The van der Waals surface area contributed by atoms with Crippen molar-refractivity contribution in [2.24, 2.45) is 5.92 Å². The van der Waals surface area contributed by atoms with Crippen molar-refractivity contribution in [3.05, 3.63) is 0 Å². The Morgan fingerprint density at radius 2 is 1.93 bits per heavy atom. The number of epoxide rings is 1. The summed E-state index contributed by atoms with van der Waals surface area (Å²) >= 11 is 0. The van der Waals surface area contributed by atoms with E-state index in [0.717, 1.165) is 25.9 Å². The number of rotatable bonds is 5. The molecule has 1 heterocycles. The molecular formula is C11H24O3. The zero-order valence-corrected chi connectivity index (χ0v) is 9.57. The van der Waals surface area contributed by atoms with Crippen LogP contribution in [-0.2, 0) is 4.74 Å². The van der Waals surface area contributed by atoms with E-state index >= 15 is 0 Å². The zero-order valence-electron chi connectivity index (χ0n) is 9.57. The second-order valence-electron chi connectivity index (χ2n) is 3.85. The maximum Gasteiger partial charge on any atom is 0.0781 e. The first-order valence-corrected chi connectivity index (χ1v) is 5.56. The summed E-state index contributed by atoms with van der Waals surface area (Å²) in [5.74, 6) is 0.0833. The Labute approximate surface area is 87.1 Å². The van der Waals surface area contributed by atoms with Crippen LogP contribution in [0.2, 0.25) is 0 Å². The van der Waals surface area contributed by atoms with E-state index in [1.807, 2.05) is 13.8 Å². The van der Waals surface area contributed by atoms with Gasteiger partial charge in [0.15, 0.2) is 0 Å². The molecule has 14 heavy (non-hydrogen) atoms. The molecule has 0 aromatic heterocycles. The van der Waals surface area contributed by atoms with Crippen molar-refractivity contribution in [2.75, 3.05) is 13.2 Å². The molecule has 0 spiro atoms. The third kappa shape index (κ3) is 7.30. The Hall–Kier alpha value is -0.120. The van der Waals surface area contributed by atoms with Gasteiger partial charge in [0.2, 0.25) is 0 Å². The van der Waals surface area contributed by atoms with Crippen molar-refractivity contribution in [2.45, 2.75) is 52.2 Å². The fraction of sp³-hybridized carbons (Fsp3) is 1.00. The maximum absolute atomic E-state index is 9.35. The average molecular weight is 204 g/mol. The van der Waals surface area contributed by atoms with Crippen LogP contribution >= 0.6 is 0 Å².